The number of sulfone groups is 1. The molecule has 1 aromatic heterocycles. The minimum atomic E-state index is -3.56. The van der Waals surface area contributed by atoms with Gasteiger partial charge in [-0.2, -0.15) is 0 Å². The third-order valence-electron chi connectivity index (χ3n) is 1.36. The second kappa shape index (κ2) is 4.88. The molecule has 0 radical (unpaired) electrons. The van der Waals surface area contributed by atoms with E-state index in [4.69, 9.17) is 0 Å². The van der Waals surface area contributed by atoms with Gasteiger partial charge in [0.2, 0.25) is 0 Å². The Morgan fingerprint density at radius 3 is 2.43 bits per heavy atom. The number of pyridine rings is 1. The van der Waals surface area contributed by atoms with Crippen molar-refractivity contribution < 1.29 is 47.9 Å². The molecule has 14 heavy (non-hydrogen) atoms. The van der Waals surface area contributed by atoms with Crippen molar-refractivity contribution in [2.45, 2.75) is 4.90 Å². The molecule has 0 spiro atoms. The van der Waals surface area contributed by atoms with Crippen LogP contribution in [0.1, 0.15) is 10.5 Å². The largest absolute Gasteiger partial charge is 1.00 e. The van der Waals surface area contributed by atoms with E-state index >= 15 is 0 Å². The van der Waals surface area contributed by atoms with Crippen molar-refractivity contribution in [3.8, 4) is 0 Å². The number of carbonyl (C=O) groups is 1. The van der Waals surface area contributed by atoms with Crippen LogP contribution in [0, 0.1) is 0 Å². The van der Waals surface area contributed by atoms with E-state index in [9.17, 15) is 18.3 Å². The summed E-state index contributed by atoms with van der Waals surface area (Å²) >= 11 is 0. The van der Waals surface area contributed by atoms with Crippen LogP contribution in [0.15, 0.2) is 23.2 Å². The third kappa shape index (κ3) is 3.06. The van der Waals surface area contributed by atoms with Crippen LogP contribution in [-0.4, -0.2) is 25.6 Å². The van der Waals surface area contributed by atoms with Crippen molar-refractivity contribution >= 4 is 15.8 Å². The number of carboxylic acids is 1. The Balaban J connectivity index is 0.00000169. The van der Waals surface area contributed by atoms with Crippen molar-refractivity contribution in [3.63, 3.8) is 0 Å². The van der Waals surface area contributed by atoms with Gasteiger partial charge in [0, 0.05) is 12.5 Å². The van der Waals surface area contributed by atoms with Crippen molar-refractivity contribution in [1.29, 1.82) is 0 Å². The molecule has 0 saturated heterocycles. The summed E-state index contributed by atoms with van der Waals surface area (Å²) in [5.41, 5.74) is -0.551. The van der Waals surface area contributed by atoms with E-state index in [1.165, 1.54) is 18.3 Å². The molecule has 1 rings (SSSR count). The fraction of sp³-hybridized carbons (Fsp3) is 0.143. The number of hydrogen-bond acceptors (Lipinski definition) is 5. The van der Waals surface area contributed by atoms with E-state index in [1.807, 2.05) is 0 Å². The normalized spacial score (nSPS) is 10.4. The minimum Gasteiger partial charge on any atom is -0.543 e. The molecule has 1 heterocycles. The maximum absolute atomic E-state index is 11.0. The zero-order valence-electron chi connectivity index (χ0n) is 7.72. The fourth-order valence-corrected chi connectivity index (χ4v) is 1.66. The van der Waals surface area contributed by atoms with Crippen LogP contribution in [0.4, 0.5) is 0 Å². The predicted molar refractivity (Wildman–Crippen MR) is 41.7 cm³/mol. The zero-order chi connectivity index (χ0) is 10.1. The smallest absolute Gasteiger partial charge is 0.543 e. The Morgan fingerprint density at radius 2 is 2.07 bits per heavy atom. The molecule has 0 amide bonds. The summed E-state index contributed by atoms with van der Waals surface area (Å²) in [7, 11) is -3.56. The molecule has 0 aliphatic carbocycles. The number of hydrogen-bond donors (Lipinski definition) is 0. The fourth-order valence-electron chi connectivity index (χ4n) is 0.843. The first-order chi connectivity index (χ1) is 5.93. The molecule has 0 unspecified atom stereocenters. The summed E-state index contributed by atoms with van der Waals surface area (Å²) in [5.74, 6) is -1.60. The van der Waals surface area contributed by atoms with Crippen LogP contribution in [0.3, 0.4) is 0 Å². The summed E-state index contributed by atoms with van der Waals surface area (Å²) in [4.78, 5) is 13.5. The van der Waals surface area contributed by atoms with Crippen LogP contribution in [0.25, 0.3) is 0 Å². The van der Waals surface area contributed by atoms with Crippen molar-refractivity contribution in [1.82, 2.24) is 4.98 Å². The average molecular weight is 223 g/mol. The molecule has 0 aromatic carbocycles. The van der Waals surface area contributed by atoms with Gasteiger partial charge in [-0.25, -0.2) is 8.42 Å². The summed E-state index contributed by atoms with van der Waals surface area (Å²) in [6.45, 7) is 0. The van der Waals surface area contributed by atoms with Crippen molar-refractivity contribution in [3.05, 3.63) is 24.0 Å². The standard InChI is InChI=1S/C7H7NO4S.Na/c1-13(11,12)5-3-2-4-8-6(5)7(9)10;/h2-4H,1H3,(H,9,10);/q;+1/p-1. The Hall–Kier alpha value is -0.430. The predicted octanol–water partition coefficient (Wildman–Crippen LogP) is -4.15. The van der Waals surface area contributed by atoms with Gasteiger partial charge in [0.25, 0.3) is 0 Å². The molecule has 0 aliphatic rings. The molecule has 0 saturated carbocycles. The molecule has 0 fully saturated rings. The van der Waals surface area contributed by atoms with Gasteiger partial charge in [0.15, 0.2) is 9.84 Å². The van der Waals surface area contributed by atoms with Gasteiger partial charge in [-0.1, -0.05) is 0 Å². The monoisotopic (exact) mass is 223 g/mol. The van der Waals surface area contributed by atoms with E-state index in [2.05, 4.69) is 4.98 Å². The number of carbonyl (C=O) groups excluding carboxylic acids is 1. The van der Waals surface area contributed by atoms with Gasteiger partial charge in [-0.05, 0) is 12.1 Å². The number of rotatable bonds is 2. The summed E-state index contributed by atoms with van der Waals surface area (Å²) in [6.07, 6.45) is 2.11. The summed E-state index contributed by atoms with van der Waals surface area (Å²) < 4.78 is 22.1. The van der Waals surface area contributed by atoms with Gasteiger partial charge in [-0.3, -0.25) is 4.98 Å². The Morgan fingerprint density at radius 1 is 1.50 bits per heavy atom. The third-order valence-corrected chi connectivity index (χ3v) is 2.49. The van der Waals surface area contributed by atoms with Crippen LogP contribution >= 0.6 is 0 Å². The molecule has 7 heteroatoms. The molecule has 1 aromatic rings. The van der Waals surface area contributed by atoms with E-state index in [1.54, 1.807) is 0 Å². The average Bonchev–Trinajstić information content (AvgIpc) is 2.03. The molecule has 70 valence electrons. The molecular weight excluding hydrogens is 217 g/mol. The SMILES string of the molecule is CS(=O)(=O)c1cccnc1C(=O)[O-].[Na+]. The molecule has 0 bridgehead atoms. The van der Waals surface area contributed by atoms with Crippen LogP contribution < -0.4 is 34.7 Å². The van der Waals surface area contributed by atoms with Crippen LogP contribution in [0.2, 0.25) is 0 Å². The number of carboxylic acid groups (broad SMARTS) is 1. The Bertz CT molecular complexity index is 443. The van der Waals surface area contributed by atoms with Crippen molar-refractivity contribution in [2.75, 3.05) is 6.26 Å². The molecule has 5 nitrogen and oxygen atoms in total. The van der Waals surface area contributed by atoms with Gasteiger partial charge in [0.05, 0.1) is 10.9 Å². The van der Waals surface area contributed by atoms with Crippen LogP contribution in [-0.2, 0) is 9.84 Å². The van der Waals surface area contributed by atoms with Gasteiger partial charge >= 0.3 is 29.6 Å². The first-order valence-electron chi connectivity index (χ1n) is 3.29. The molecule has 0 N–H and O–H groups in total. The Kier molecular flexibility index (Phi) is 4.73. The summed E-state index contributed by atoms with van der Waals surface area (Å²) in [5, 5.41) is 10.4. The molecular formula is C7H6NNaO4S. The van der Waals surface area contributed by atoms with E-state index in [0.29, 0.717) is 0 Å². The van der Waals surface area contributed by atoms with E-state index in [-0.39, 0.29) is 34.5 Å². The van der Waals surface area contributed by atoms with Gasteiger partial charge < -0.3 is 9.90 Å². The number of aromatic carboxylic acids is 1. The van der Waals surface area contributed by atoms with E-state index in [0.717, 1.165) is 6.26 Å². The number of nitrogens with zero attached hydrogens (tertiary/aromatic N) is 1. The molecule has 0 aliphatic heterocycles. The maximum atomic E-state index is 11.0. The summed E-state index contributed by atoms with van der Waals surface area (Å²) in [6, 6.07) is 2.52. The first-order valence-corrected chi connectivity index (χ1v) is 5.18. The van der Waals surface area contributed by atoms with Crippen LogP contribution in [0.5, 0.6) is 0 Å². The topological polar surface area (TPSA) is 87.2 Å². The van der Waals surface area contributed by atoms with Gasteiger partial charge in [-0.15, -0.1) is 0 Å². The quantitative estimate of drug-likeness (QED) is 0.475. The number of aromatic nitrogens is 1. The zero-order valence-corrected chi connectivity index (χ0v) is 10.5. The molecule has 0 atom stereocenters. The van der Waals surface area contributed by atoms with Crippen molar-refractivity contribution in [2.24, 2.45) is 0 Å². The minimum absolute atomic E-state index is 0. The first kappa shape index (κ1) is 13.6. The second-order valence-corrected chi connectivity index (χ2v) is 4.39. The van der Waals surface area contributed by atoms with E-state index < -0.39 is 21.5 Å². The Labute approximate surface area is 103 Å². The van der Waals surface area contributed by atoms with Gasteiger partial charge in [0.1, 0.15) is 5.69 Å². The second-order valence-electron chi connectivity index (χ2n) is 2.41. The maximum Gasteiger partial charge on any atom is 1.00 e.